The predicted molar refractivity (Wildman–Crippen MR) is 275 cm³/mol. The van der Waals surface area contributed by atoms with E-state index in [1.54, 1.807) is 0 Å². The van der Waals surface area contributed by atoms with Crippen LogP contribution in [0.3, 0.4) is 0 Å². The number of esters is 3. The van der Waals surface area contributed by atoms with Crippen molar-refractivity contribution in [3.63, 3.8) is 0 Å². The Balaban J connectivity index is 4.19. The summed E-state index contributed by atoms with van der Waals surface area (Å²) in [6.45, 7) is 13.8. The maximum Gasteiger partial charge on any atom is 0.306 e. The second kappa shape index (κ2) is 49.3. The maximum absolute atomic E-state index is 12.8. The Hall–Kier alpha value is -1.59. The summed E-state index contributed by atoms with van der Waals surface area (Å²) in [5.74, 6) is 1.70. The van der Waals surface area contributed by atoms with Crippen molar-refractivity contribution in [1.29, 1.82) is 0 Å². The number of ether oxygens (including phenoxy) is 3. The van der Waals surface area contributed by atoms with Crippen LogP contribution >= 0.6 is 0 Å². The van der Waals surface area contributed by atoms with Gasteiger partial charge in [0.2, 0.25) is 0 Å². The molecule has 0 saturated carbocycles. The van der Waals surface area contributed by atoms with Crippen LogP contribution in [0.4, 0.5) is 0 Å². The molecule has 0 saturated heterocycles. The van der Waals surface area contributed by atoms with Crippen molar-refractivity contribution >= 4 is 17.9 Å². The molecule has 0 aliphatic carbocycles. The van der Waals surface area contributed by atoms with E-state index >= 15 is 0 Å². The first-order chi connectivity index (χ1) is 31.2. The molecule has 3 atom stereocenters. The van der Waals surface area contributed by atoms with Crippen molar-refractivity contribution in [1.82, 2.24) is 0 Å². The van der Waals surface area contributed by atoms with Gasteiger partial charge in [-0.2, -0.15) is 0 Å². The highest BCUT2D eigenvalue weighted by atomic mass is 16.6. The Kier molecular flexibility index (Phi) is 48.1. The zero-order chi connectivity index (χ0) is 47.0. The van der Waals surface area contributed by atoms with Gasteiger partial charge in [0.1, 0.15) is 13.2 Å². The molecule has 0 aromatic carbocycles. The molecule has 6 nitrogen and oxygen atoms in total. The van der Waals surface area contributed by atoms with Crippen LogP contribution in [0.2, 0.25) is 0 Å². The lowest BCUT2D eigenvalue weighted by Crippen LogP contribution is -2.30. The van der Waals surface area contributed by atoms with Gasteiger partial charge in [0.05, 0.1) is 0 Å². The first kappa shape index (κ1) is 62.4. The molecule has 0 amide bonds. The van der Waals surface area contributed by atoms with Crippen molar-refractivity contribution < 1.29 is 28.6 Å². The molecule has 0 aromatic rings. The number of hydrogen-bond acceptors (Lipinski definition) is 6. The second-order valence-electron chi connectivity index (χ2n) is 20.9. The molecular formula is C58H112O6. The lowest BCUT2D eigenvalue weighted by atomic mass is 9.99. The standard InChI is InChI=1S/C58H112O6/c1-7-53(5)45-39-33-27-23-19-15-13-11-9-10-12-14-16-20-24-28-35-41-47-56(59)62-50-55(64-58(61)49-43-37-31-30-34-40-46-54(6)8-2)51-63-57(60)48-42-36-29-25-21-17-18-22-26-32-38-44-52(3)4/h52-55H,7-51H2,1-6H3/t53?,54?,55-/m1/s1. The van der Waals surface area contributed by atoms with Crippen molar-refractivity contribution in [2.24, 2.45) is 17.8 Å². The molecule has 0 aliphatic heterocycles. The summed E-state index contributed by atoms with van der Waals surface area (Å²) in [5.41, 5.74) is 0. The molecule has 6 heteroatoms. The largest absolute Gasteiger partial charge is 0.462 e. The van der Waals surface area contributed by atoms with Gasteiger partial charge in [0.15, 0.2) is 6.10 Å². The number of rotatable bonds is 51. The summed E-state index contributed by atoms with van der Waals surface area (Å²) in [6.07, 6.45) is 51.0. The van der Waals surface area contributed by atoms with Gasteiger partial charge in [0, 0.05) is 19.3 Å². The summed E-state index contributed by atoms with van der Waals surface area (Å²) in [6, 6.07) is 0. The molecule has 0 fully saturated rings. The summed E-state index contributed by atoms with van der Waals surface area (Å²) in [5, 5.41) is 0. The van der Waals surface area contributed by atoms with Crippen LogP contribution in [0.1, 0.15) is 318 Å². The van der Waals surface area contributed by atoms with Crippen molar-refractivity contribution in [2.45, 2.75) is 324 Å². The van der Waals surface area contributed by atoms with Crippen molar-refractivity contribution in [2.75, 3.05) is 13.2 Å². The second-order valence-corrected chi connectivity index (χ2v) is 20.9. The molecule has 2 unspecified atom stereocenters. The van der Waals surface area contributed by atoms with Crippen LogP contribution in [0.15, 0.2) is 0 Å². The molecule has 0 rings (SSSR count). The van der Waals surface area contributed by atoms with E-state index in [9.17, 15) is 14.4 Å². The highest BCUT2D eigenvalue weighted by Crippen LogP contribution is 2.19. The highest BCUT2D eigenvalue weighted by Gasteiger charge is 2.19. The molecule has 64 heavy (non-hydrogen) atoms. The Morgan fingerprint density at radius 3 is 0.812 bits per heavy atom. The minimum Gasteiger partial charge on any atom is -0.462 e. The molecule has 0 spiro atoms. The van der Waals surface area contributed by atoms with E-state index in [2.05, 4.69) is 41.5 Å². The molecule has 380 valence electrons. The third-order valence-corrected chi connectivity index (χ3v) is 13.9. The minimum absolute atomic E-state index is 0.0648. The molecule has 0 heterocycles. The summed E-state index contributed by atoms with van der Waals surface area (Å²) >= 11 is 0. The van der Waals surface area contributed by atoms with Crippen molar-refractivity contribution in [3.8, 4) is 0 Å². The fraction of sp³-hybridized carbons (Fsp3) is 0.948. The van der Waals surface area contributed by atoms with Crippen LogP contribution in [-0.2, 0) is 28.6 Å². The first-order valence-corrected chi connectivity index (χ1v) is 28.7. The van der Waals surface area contributed by atoms with E-state index in [0.717, 1.165) is 75.5 Å². The van der Waals surface area contributed by atoms with Crippen LogP contribution in [0, 0.1) is 17.8 Å². The SMILES string of the molecule is CCC(C)CCCCCCCCCCCCCCCCCCCCC(=O)OC[C@H](COC(=O)CCCCCCCCCCCCCC(C)C)OC(=O)CCCCCCCCC(C)CC. The predicted octanol–water partition coefficient (Wildman–Crippen LogP) is 18.7. The van der Waals surface area contributed by atoms with Crippen LogP contribution in [0.5, 0.6) is 0 Å². The van der Waals surface area contributed by atoms with Gasteiger partial charge >= 0.3 is 17.9 Å². The van der Waals surface area contributed by atoms with E-state index in [-0.39, 0.29) is 31.1 Å². The van der Waals surface area contributed by atoms with E-state index < -0.39 is 6.10 Å². The number of carbonyl (C=O) groups excluding carboxylic acids is 3. The molecule has 0 aromatic heterocycles. The van der Waals surface area contributed by atoms with Crippen LogP contribution in [-0.4, -0.2) is 37.2 Å². The zero-order valence-electron chi connectivity index (χ0n) is 44.1. The van der Waals surface area contributed by atoms with E-state index in [1.807, 2.05) is 0 Å². The third kappa shape index (κ3) is 48.3. The van der Waals surface area contributed by atoms with Gasteiger partial charge in [-0.1, -0.05) is 279 Å². The normalized spacial score (nSPS) is 13.0. The fourth-order valence-electron chi connectivity index (χ4n) is 8.76. The minimum atomic E-state index is -0.764. The topological polar surface area (TPSA) is 78.9 Å². The third-order valence-electron chi connectivity index (χ3n) is 13.9. The monoisotopic (exact) mass is 905 g/mol. The highest BCUT2D eigenvalue weighted by molar-refractivity contribution is 5.71. The molecule has 0 aliphatic rings. The van der Waals surface area contributed by atoms with Gasteiger partial charge < -0.3 is 14.2 Å². The number of carbonyl (C=O) groups is 3. The van der Waals surface area contributed by atoms with Gasteiger partial charge in [-0.05, 0) is 37.0 Å². The van der Waals surface area contributed by atoms with Gasteiger partial charge in [-0.3, -0.25) is 14.4 Å². The average molecular weight is 906 g/mol. The van der Waals surface area contributed by atoms with Gasteiger partial charge in [0.25, 0.3) is 0 Å². The molecule has 0 N–H and O–H groups in total. The first-order valence-electron chi connectivity index (χ1n) is 28.7. The Bertz CT molecular complexity index is 995. The fourth-order valence-corrected chi connectivity index (χ4v) is 8.76. The smallest absolute Gasteiger partial charge is 0.306 e. The van der Waals surface area contributed by atoms with Crippen LogP contribution in [0.25, 0.3) is 0 Å². The number of unbranched alkanes of at least 4 members (excludes halogenated alkanes) is 32. The summed E-state index contributed by atoms with van der Waals surface area (Å²) in [4.78, 5) is 38.0. The Labute approximate surface area is 399 Å². The van der Waals surface area contributed by atoms with Gasteiger partial charge in [-0.25, -0.2) is 0 Å². The van der Waals surface area contributed by atoms with E-state index in [1.165, 1.54) is 199 Å². The quantitative estimate of drug-likeness (QED) is 0.0344. The molecular weight excluding hydrogens is 793 g/mol. The number of hydrogen-bond donors (Lipinski definition) is 0. The average Bonchev–Trinajstić information content (AvgIpc) is 3.28. The summed E-state index contributed by atoms with van der Waals surface area (Å²) < 4.78 is 16.8. The molecule has 0 radical (unpaired) electrons. The van der Waals surface area contributed by atoms with Gasteiger partial charge in [-0.15, -0.1) is 0 Å². The van der Waals surface area contributed by atoms with E-state index in [4.69, 9.17) is 14.2 Å². The lowest BCUT2D eigenvalue weighted by Gasteiger charge is -2.18. The van der Waals surface area contributed by atoms with Crippen molar-refractivity contribution in [3.05, 3.63) is 0 Å². The Morgan fingerprint density at radius 2 is 0.547 bits per heavy atom. The zero-order valence-corrected chi connectivity index (χ0v) is 44.1. The summed E-state index contributed by atoms with van der Waals surface area (Å²) in [7, 11) is 0. The maximum atomic E-state index is 12.8. The van der Waals surface area contributed by atoms with E-state index in [0.29, 0.717) is 19.3 Å². The van der Waals surface area contributed by atoms with Crippen LogP contribution < -0.4 is 0 Å². The lowest BCUT2D eigenvalue weighted by molar-refractivity contribution is -0.167. The molecule has 0 bridgehead atoms. The Morgan fingerprint density at radius 1 is 0.312 bits per heavy atom.